The number of para-hydroxylation sites is 2. The van der Waals surface area contributed by atoms with Crippen molar-refractivity contribution in [2.75, 3.05) is 6.61 Å². The van der Waals surface area contributed by atoms with E-state index in [1.807, 2.05) is 12.1 Å². The Morgan fingerprint density at radius 3 is 1.81 bits per heavy atom. The molecule has 0 radical (unpaired) electrons. The molecule has 0 unspecified atom stereocenters. The van der Waals surface area contributed by atoms with Crippen LogP contribution in [0.3, 0.4) is 0 Å². The molecular weight excluding hydrogens is 287 g/mol. The highest BCUT2D eigenvalue weighted by molar-refractivity contribution is 7.49. The van der Waals surface area contributed by atoms with E-state index in [2.05, 4.69) is 5.92 Å². The van der Waals surface area contributed by atoms with Gasteiger partial charge in [-0.1, -0.05) is 36.4 Å². The van der Waals surface area contributed by atoms with Crippen molar-refractivity contribution in [1.82, 2.24) is 0 Å². The van der Waals surface area contributed by atoms with Crippen LogP contribution in [0.25, 0.3) is 0 Å². The molecule has 108 valence electrons. The topological polar surface area (TPSA) is 44.8 Å². The van der Waals surface area contributed by atoms with Gasteiger partial charge < -0.3 is 9.05 Å². The largest absolute Gasteiger partial charge is 0.587 e. The summed E-state index contributed by atoms with van der Waals surface area (Å²) in [5.41, 5.74) is 0. The fraction of sp³-hybridized carbons (Fsp3) is 0.125. The van der Waals surface area contributed by atoms with E-state index in [-0.39, 0.29) is 6.61 Å². The van der Waals surface area contributed by atoms with E-state index in [1.54, 1.807) is 48.5 Å². The van der Waals surface area contributed by atoms with Crippen molar-refractivity contribution in [3.8, 4) is 23.8 Å². The Morgan fingerprint density at radius 2 is 1.38 bits per heavy atom. The van der Waals surface area contributed by atoms with Gasteiger partial charge in [0.1, 0.15) is 11.5 Å². The molecule has 21 heavy (non-hydrogen) atoms. The molecule has 0 N–H and O–H groups in total. The summed E-state index contributed by atoms with van der Waals surface area (Å²) in [7, 11) is -3.79. The SMILES string of the molecule is C#CCCOP(=O)(Oc1ccccc1)Oc1ccccc1. The van der Waals surface area contributed by atoms with E-state index >= 15 is 0 Å². The lowest BCUT2D eigenvalue weighted by Crippen LogP contribution is -2.05. The summed E-state index contributed by atoms with van der Waals surface area (Å²) in [6, 6.07) is 17.4. The van der Waals surface area contributed by atoms with Gasteiger partial charge in [0.25, 0.3) is 0 Å². The molecule has 0 aromatic heterocycles. The lowest BCUT2D eigenvalue weighted by Gasteiger charge is -2.18. The lowest BCUT2D eigenvalue weighted by molar-refractivity contribution is 0.214. The Morgan fingerprint density at radius 1 is 0.905 bits per heavy atom. The summed E-state index contributed by atoms with van der Waals surface area (Å²) in [5, 5.41) is 0. The predicted molar refractivity (Wildman–Crippen MR) is 81.1 cm³/mol. The van der Waals surface area contributed by atoms with E-state index in [0.29, 0.717) is 17.9 Å². The van der Waals surface area contributed by atoms with Crippen molar-refractivity contribution in [3.05, 3.63) is 60.7 Å². The number of benzene rings is 2. The van der Waals surface area contributed by atoms with Crippen molar-refractivity contribution in [1.29, 1.82) is 0 Å². The first-order valence-electron chi connectivity index (χ1n) is 6.39. The summed E-state index contributed by atoms with van der Waals surface area (Å²) in [4.78, 5) is 0. The molecule has 0 heterocycles. The maximum absolute atomic E-state index is 12.7. The minimum absolute atomic E-state index is 0.0907. The van der Waals surface area contributed by atoms with Crippen LogP contribution in [-0.4, -0.2) is 6.61 Å². The Kier molecular flexibility index (Phi) is 5.45. The maximum Gasteiger partial charge on any atom is 0.587 e. The number of hydrogen-bond acceptors (Lipinski definition) is 4. The van der Waals surface area contributed by atoms with E-state index < -0.39 is 7.82 Å². The minimum Gasteiger partial charge on any atom is -0.395 e. The molecule has 2 rings (SSSR count). The molecule has 2 aromatic carbocycles. The predicted octanol–water partition coefficient (Wildman–Crippen LogP) is 4.29. The third-order valence-electron chi connectivity index (χ3n) is 2.42. The van der Waals surface area contributed by atoms with Gasteiger partial charge in [-0.05, 0) is 24.3 Å². The molecule has 0 aliphatic heterocycles. The fourth-order valence-electron chi connectivity index (χ4n) is 1.51. The Labute approximate surface area is 124 Å². The molecule has 0 bridgehead atoms. The van der Waals surface area contributed by atoms with Gasteiger partial charge in [-0.25, -0.2) is 4.57 Å². The van der Waals surface area contributed by atoms with Crippen molar-refractivity contribution in [3.63, 3.8) is 0 Å². The van der Waals surface area contributed by atoms with E-state index in [4.69, 9.17) is 20.0 Å². The second-order valence-electron chi connectivity index (χ2n) is 4.04. The average molecular weight is 302 g/mol. The second kappa shape index (κ2) is 7.54. The second-order valence-corrected chi connectivity index (χ2v) is 5.56. The zero-order valence-electron chi connectivity index (χ0n) is 11.3. The highest BCUT2D eigenvalue weighted by Crippen LogP contribution is 2.49. The number of phosphoric ester groups is 1. The molecule has 0 saturated carbocycles. The minimum atomic E-state index is -3.79. The van der Waals surface area contributed by atoms with Gasteiger partial charge in [-0.2, -0.15) is 0 Å². The number of rotatable bonds is 7. The Balaban J connectivity index is 2.14. The van der Waals surface area contributed by atoms with Crippen molar-refractivity contribution >= 4 is 7.82 Å². The number of terminal acetylenes is 1. The Bertz CT molecular complexity index is 589. The van der Waals surface area contributed by atoms with Gasteiger partial charge in [0.15, 0.2) is 0 Å². The summed E-state index contributed by atoms with van der Waals surface area (Å²) in [6.45, 7) is 0.0907. The molecule has 0 spiro atoms. The molecule has 5 heteroatoms. The van der Waals surface area contributed by atoms with Gasteiger partial charge in [0, 0.05) is 6.42 Å². The van der Waals surface area contributed by atoms with Crippen LogP contribution in [0.4, 0.5) is 0 Å². The molecule has 0 saturated heterocycles. The van der Waals surface area contributed by atoms with Crippen LogP contribution in [0.2, 0.25) is 0 Å². The third-order valence-corrected chi connectivity index (χ3v) is 3.78. The fourth-order valence-corrected chi connectivity index (χ4v) is 2.73. The third kappa shape index (κ3) is 5.00. The maximum atomic E-state index is 12.7. The van der Waals surface area contributed by atoms with E-state index in [1.165, 1.54) is 0 Å². The summed E-state index contributed by atoms with van der Waals surface area (Å²) < 4.78 is 28.7. The molecule has 0 fully saturated rings. The zero-order valence-corrected chi connectivity index (χ0v) is 12.2. The smallest absolute Gasteiger partial charge is 0.395 e. The van der Waals surface area contributed by atoms with Gasteiger partial charge in [0.2, 0.25) is 0 Å². The van der Waals surface area contributed by atoms with Crippen LogP contribution in [0.5, 0.6) is 11.5 Å². The Hall–Kier alpha value is -2.21. The van der Waals surface area contributed by atoms with E-state index in [0.717, 1.165) is 0 Å². The van der Waals surface area contributed by atoms with E-state index in [9.17, 15) is 4.57 Å². The summed E-state index contributed by atoms with van der Waals surface area (Å²) >= 11 is 0. The first-order valence-corrected chi connectivity index (χ1v) is 7.85. The van der Waals surface area contributed by atoms with Gasteiger partial charge in [-0.15, -0.1) is 12.3 Å². The number of phosphoric acid groups is 1. The first kappa shape index (κ1) is 15.2. The molecular formula is C16H15O4P. The molecule has 0 amide bonds. The van der Waals surface area contributed by atoms with Crippen LogP contribution in [0.1, 0.15) is 6.42 Å². The quantitative estimate of drug-likeness (QED) is 0.435. The molecule has 0 aliphatic rings. The van der Waals surface area contributed by atoms with Gasteiger partial charge in [0.05, 0.1) is 6.61 Å². The highest BCUT2D eigenvalue weighted by Gasteiger charge is 2.30. The first-order chi connectivity index (χ1) is 10.2. The molecule has 0 atom stereocenters. The zero-order chi connectivity index (χ0) is 15.0. The van der Waals surface area contributed by atoms with Crippen molar-refractivity contribution in [2.24, 2.45) is 0 Å². The van der Waals surface area contributed by atoms with Crippen molar-refractivity contribution < 1.29 is 18.1 Å². The van der Waals surface area contributed by atoms with Crippen LogP contribution in [-0.2, 0) is 9.09 Å². The molecule has 4 nitrogen and oxygen atoms in total. The van der Waals surface area contributed by atoms with Gasteiger partial charge in [-0.3, -0.25) is 4.52 Å². The standard InChI is InChI=1S/C16H15O4P/c1-2-3-14-18-21(17,19-15-10-6-4-7-11-15)20-16-12-8-5-9-13-16/h1,4-13H,3,14H2. The molecule has 2 aromatic rings. The lowest BCUT2D eigenvalue weighted by atomic mass is 10.3. The van der Waals surface area contributed by atoms with Crippen LogP contribution in [0, 0.1) is 12.3 Å². The monoisotopic (exact) mass is 302 g/mol. The van der Waals surface area contributed by atoms with Crippen molar-refractivity contribution in [2.45, 2.75) is 6.42 Å². The van der Waals surface area contributed by atoms with Crippen LogP contribution >= 0.6 is 7.82 Å². The van der Waals surface area contributed by atoms with Gasteiger partial charge >= 0.3 is 7.82 Å². The average Bonchev–Trinajstić information content (AvgIpc) is 2.49. The number of hydrogen-bond donors (Lipinski definition) is 0. The van der Waals surface area contributed by atoms with Crippen LogP contribution in [0.15, 0.2) is 60.7 Å². The summed E-state index contributed by atoms with van der Waals surface area (Å²) in [5.74, 6) is 3.21. The normalized spacial score (nSPS) is 10.6. The molecule has 0 aliphatic carbocycles. The highest BCUT2D eigenvalue weighted by atomic mass is 31.2. The van der Waals surface area contributed by atoms with Crippen LogP contribution < -0.4 is 9.05 Å². The summed E-state index contributed by atoms with van der Waals surface area (Å²) in [6.07, 6.45) is 5.48.